The second kappa shape index (κ2) is 15.3. The number of rotatable bonds is 10. The van der Waals surface area contributed by atoms with E-state index in [1.54, 1.807) is 0 Å². The minimum atomic E-state index is 0.995. The molecule has 0 N–H and O–H groups in total. The smallest absolute Gasteiger partial charge is 0.0607 e. The van der Waals surface area contributed by atoms with Crippen LogP contribution in [-0.4, -0.2) is 4.40 Å². The predicted octanol–water partition coefficient (Wildman–Crippen LogP) is 14.4. The van der Waals surface area contributed by atoms with Gasteiger partial charge in [0.1, 0.15) is 0 Å². The summed E-state index contributed by atoms with van der Waals surface area (Å²) in [6.45, 7) is 4.26. The molecule has 0 fully saturated rings. The molecule has 0 aliphatic rings. The first-order valence-corrected chi connectivity index (χ1v) is 18.5. The summed E-state index contributed by atoms with van der Waals surface area (Å²) >= 11 is 0. The van der Waals surface area contributed by atoms with Crippen LogP contribution >= 0.6 is 0 Å². The number of hydrogen-bond acceptors (Lipinski definition) is 1. The largest absolute Gasteiger partial charge is 0.316 e. The van der Waals surface area contributed by atoms with Crippen LogP contribution in [0.25, 0.3) is 55.7 Å². The molecule has 0 saturated heterocycles. The van der Waals surface area contributed by atoms with E-state index in [2.05, 4.69) is 230 Å². The summed E-state index contributed by atoms with van der Waals surface area (Å²) in [6.07, 6.45) is 9.72. The Kier molecular flexibility index (Phi) is 9.68. The zero-order valence-corrected chi connectivity index (χ0v) is 30.2. The molecule has 0 bridgehead atoms. The third-order valence-corrected chi connectivity index (χ3v) is 9.84. The SMILES string of the molecule is C/C=C\C(=C/CC)c1ccc(N(c2ccc(-c3ccccc3)cc2)c2ccc(-c3ccc(-c4c(-c5ccccc5)cc5ccccn45)cc3)cc2)cc1. The molecule has 0 radical (unpaired) electrons. The molecule has 6 aromatic carbocycles. The number of aromatic nitrogens is 1. The molecule has 0 saturated carbocycles. The molecule has 53 heavy (non-hydrogen) atoms. The third kappa shape index (κ3) is 7.00. The molecule has 2 aromatic heterocycles. The highest BCUT2D eigenvalue weighted by atomic mass is 15.1. The molecular weight excluding hydrogens is 641 g/mol. The van der Waals surface area contributed by atoms with Crippen molar-refractivity contribution >= 4 is 28.2 Å². The van der Waals surface area contributed by atoms with E-state index in [0.29, 0.717) is 0 Å². The first kappa shape index (κ1) is 33.5. The second-order valence-electron chi connectivity index (χ2n) is 13.3. The number of benzene rings is 6. The summed E-state index contributed by atoms with van der Waals surface area (Å²) in [5.41, 5.74) is 16.6. The lowest BCUT2D eigenvalue weighted by atomic mass is 9.98. The lowest BCUT2D eigenvalue weighted by Gasteiger charge is -2.26. The molecule has 2 heteroatoms. The Morgan fingerprint density at radius 3 is 1.53 bits per heavy atom. The van der Waals surface area contributed by atoms with Crippen LogP contribution in [0.5, 0.6) is 0 Å². The van der Waals surface area contributed by atoms with Crippen LogP contribution in [0.4, 0.5) is 17.1 Å². The monoisotopic (exact) mass is 682 g/mol. The van der Waals surface area contributed by atoms with Gasteiger partial charge in [-0.25, -0.2) is 0 Å². The molecule has 2 nitrogen and oxygen atoms in total. The van der Waals surface area contributed by atoms with E-state index in [-0.39, 0.29) is 0 Å². The van der Waals surface area contributed by atoms with Crippen LogP contribution in [0.1, 0.15) is 25.8 Å². The number of pyridine rings is 1. The van der Waals surface area contributed by atoms with Gasteiger partial charge in [0.25, 0.3) is 0 Å². The fourth-order valence-corrected chi connectivity index (χ4v) is 7.24. The van der Waals surface area contributed by atoms with Crippen molar-refractivity contribution < 1.29 is 0 Å². The van der Waals surface area contributed by atoms with Crippen LogP contribution in [0.2, 0.25) is 0 Å². The first-order valence-electron chi connectivity index (χ1n) is 18.5. The van der Waals surface area contributed by atoms with Gasteiger partial charge in [-0.1, -0.05) is 153 Å². The predicted molar refractivity (Wildman–Crippen MR) is 227 cm³/mol. The standard InChI is InChI=1S/C51H42N2/c1-3-13-38(14-4-2)41-24-30-46(31-25-41)53(47-32-26-42(27-33-47)39-15-7-5-8-16-39)48-34-28-43(29-35-48)40-20-22-45(23-21-40)51-50(44-17-9-6-10-18-44)37-49-19-11-12-36-52(49)51/h3,5-37H,4H2,1-2H3/b13-3-,38-14+. The van der Waals surface area contributed by atoms with Crippen molar-refractivity contribution in [3.8, 4) is 44.6 Å². The molecule has 0 unspecified atom stereocenters. The van der Waals surface area contributed by atoms with E-state index in [0.717, 1.165) is 23.5 Å². The van der Waals surface area contributed by atoms with Crippen molar-refractivity contribution in [3.05, 3.63) is 212 Å². The highest BCUT2D eigenvalue weighted by Gasteiger charge is 2.16. The lowest BCUT2D eigenvalue weighted by Crippen LogP contribution is -2.10. The summed E-state index contributed by atoms with van der Waals surface area (Å²) in [5, 5.41) is 0. The van der Waals surface area contributed by atoms with Crippen LogP contribution in [0.15, 0.2) is 206 Å². The maximum absolute atomic E-state index is 2.34. The molecular formula is C51H42N2. The molecule has 0 amide bonds. The third-order valence-electron chi connectivity index (χ3n) is 9.84. The van der Waals surface area contributed by atoms with Gasteiger partial charge in [-0.05, 0) is 112 Å². The molecule has 0 aliphatic carbocycles. The van der Waals surface area contributed by atoms with E-state index in [1.165, 1.54) is 61.3 Å². The number of fused-ring (bicyclic) bond motifs is 1. The number of hydrogen-bond donors (Lipinski definition) is 0. The Balaban J connectivity index is 1.13. The molecule has 0 atom stereocenters. The van der Waals surface area contributed by atoms with Crippen molar-refractivity contribution in [1.29, 1.82) is 0 Å². The molecule has 8 aromatic rings. The van der Waals surface area contributed by atoms with Gasteiger partial charge in [-0.2, -0.15) is 0 Å². The zero-order chi connectivity index (χ0) is 36.0. The van der Waals surface area contributed by atoms with Gasteiger partial charge in [0, 0.05) is 34.3 Å². The fourth-order valence-electron chi connectivity index (χ4n) is 7.24. The average Bonchev–Trinajstić information content (AvgIpc) is 3.62. The zero-order valence-electron chi connectivity index (χ0n) is 30.2. The van der Waals surface area contributed by atoms with Crippen LogP contribution in [-0.2, 0) is 0 Å². The number of allylic oxidation sites excluding steroid dienone is 4. The number of anilines is 3. The van der Waals surface area contributed by atoms with Gasteiger partial charge >= 0.3 is 0 Å². The second-order valence-corrected chi connectivity index (χ2v) is 13.3. The maximum atomic E-state index is 2.34. The normalized spacial score (nSPS) is 11.7. The van der Waals surface area contributed by atoms with E-state index in [9.17, 15) is 0 Å². The van der Waals surface area contributed by atoms with Crippen molar-refractivity contribution in [2.75, 3.05) is 4.90 Å². The Labute approximate surface area is 313 Å². The van der Waals surface area contributed by atoms with Gasteiger partial charge in [0.15, 0.2) is 0 Å². The molecule has 256 valence electrons. The number of nitrogens with zero attached hydrogens (tertiary/aromatic N) is 2. The van der Waals surface area contributed by atoms with Crippen molar-refractivity contribution in [3.63, 3.8) is 0 Å². The van der Waals surface area contributed by atoms with E-state index in [4.69, 9.17) is 0 Å². The van der Waals surface area contributed by atoms with Gasteiger partial charge in [-0.3, -0.25) is 0 Å². The quantitative estimate of drug-likeness (QED) is 0.130. The molecule has 0 spiro atoms. The van der Waals surface area contributed by atoms with E-state index >= 15 is 0 Å². The highest BCUT2D eigenvalue weighted by Crippen LogP contribution is 2.39. The van der Waals surface area contributed by atoms with E-state index in [1.807, 2.05) is 0 Å². The van der Waals surface area contributed by atoms with Crippen molar-refractivity contribution in [2.24, 2.45) is 0 Å². The Morgan fingerprint density at radius 1 is 0.509 bits per heavy atom. The molecule has 0 aliphatic heterocycles. The van der Waals surface area contributed by atoms with Gasteiger partial charge in [0.2, 0.25) is 0 Å². The van der Waals surface area contributed by atoms with E-state index < -0.39 is 0 Å². The Morgan fingerprint density at radius 2 is 0.981 bits per heavy atom. The van der Waals surface area contributed by atoms with Gasteiger partial charge in [0.05, 0.1) is 5.69 Å². The molecule has 2 heterocycles. The Bertz CT molecular complexity index is 2490. The van der Waals surface area contributed by atoms with Crippen LogP contribution in [0.3, 0.4) is 0 Å². The maximum Gasteiger partial charge on any atom is 0.0607 e. The lowest BCUT2D eigenvalue weighted by molar-refractivity contribution is 1.20. The van der Waals surface area contributed by atoms with Gasteiger partial charge < -0.3 is 9.30 Å². The van der Waals surface area contributed by atoms with Crippen LogP contribution in [0, 0.1) is 0 Å². The fraction of sp³-hybridized carbons (Fsp3) is 0.0588. The van der Waals surface area contributed by atoms with Gasteiger partial charge in [-0.15, -0.1) is 0 Å². The van der Waals surface area contributed by atoms with Crippen molar-refractivity contribution in [2.45, 2.75) is 20.3 Å². The van der Waals surface area contributed by atoms with Crippen LogP contribution < -0.4 is 4.90 Å². The summed E-state index contributed by atoms with van der Waals surface area (Å²) in [6, 6.07) is 65.6. The Hall–Kier alpha value is -6.64. The topological polar surface area (TPSA) is 7.65 Å². The highest BCUT2D eigenvalue weighted by molar-refractivity contribution is 5.88. The minimum absolute atomic E-state index is 0.995. The summed E-state index contributed by atoms with van der Waals surface area (Å²) in [7, 11) is 0. The molecule has 8 rings (SSSR count). The summed E-state index contributed by atoms with van der Waals surface area (Å²) in [4.78, 5) is 2.34. The first-order chi connectivity index (χ1) is 26.2. The minimum Gasteiger partial charge on any atom is -0.316 e. The summed E-state index contributed by atoms with van der Waals surface area (Å²) < 4.78 is 2.29. The average molecular weight is 683 g/mol. The van der Waals surface area contributed by atoms with Crippen molar-refractivity contribution in [1.82, 2.24) is 4.40 Å². The summed E-state index contributed by atoms with van der Waals surface area (Å²) in [5.74, 6) is 0.